The Morgan fingerprint density at radius 2 is 2.07 bits per heavy atom. The summed E-state index contributed by atoms with van der Waals surface area (Å²) in [6, 6.07) is 4.10. The fourth-order valence-corrected chi connectivity index (χ4v) is 4.83. The SMILES string of the molecule is CC(C)CC(CNC(=O)C1CCCN(C(=O)c2cccs2)C1)N1CCOCC1. The Kier molecular flexibility index (Phi) is 7.88. The average molecular weight is 408 g/mol. The summed E-state index contributed by atoms with van der Waals surface area (Å²) >= 11 is 1.46. The number of rotatable bonds is 7. The highest BCUT2D eigenvalue weighted by molar-refractivity contribution is 7.12. The number of carbonyl (C=O) groups excluding carboxylic acids is 2. The summed E-state index contributed by atoms with van der Waals surface area (Å²) in [7, 11) is 0. The number of nitrogens with zero attached hydrogens (tertiary/aromatic N) is 2. The summed E-state index contributed by atoms with van der Waals surface area (Å²) in [5.41, 5.74) is 0. The smallest absolute Gasteiger partial charge is 0.263 e. The first-order valence-electron chi connectivity index (χ1n) is 10.5. The number of carbonyl (C=O) groups is 2. The molecule has 1 aromatic heterocycles. The maximum atomic E-state index is 12.8. The molecule has 7 heteroatoms. The van der Waals surface area contributed by atoms with Crippen LogP contribution in [-0.4, -0.2) is 73.6 Å². The van der Waals surface area contributed by atoms with E-state index >= 15 is 0 Å². The lowest BCUT2D eigenvalue weighted by molar-refractivity contribution is -0.126. The molecule has 0 spiro atoms. The molecule has 0 aromatic carbocycles. The maximum absolute atomic E-state index is 12.8. The van der Waals surface area contributed by atoms with E-state index in [1.165, 1.54) is 11.3 Å². The molecule has 2 atom stereocenters. The van der Waals surface area contributed by atoms with E-state index < -0.39 is 0 Å². The van der Waals surface area contributed by atoms with Crippen molar-refractivity contribution in [2.45, 2.75) is 39.2 Å². The highest BCUT2D eigenvalue weighted by atomic mass is 32.1. The third-order valence-corrected chi connectivity index (χ3v) is 6.49. The number of amides is 2. The molecular weight excluding hydrogens is 374 g/mol. The Balaban J connectivity index is 1.52. The molecule has 2 saturated heterocycles. The molecule has 2 fully saturated rings. The highest BCUT2D eigenvalue weighted by Gasteiger charge is 2.30. The van der Waals surface area contributed by atoms with Crippen LogP contribution in [0.2, 0.25) is 0 Å². The quantitative estimate of drug-likeness (QED) is 0.754. The van der Waals surface area contributed by atoms with Gasteiger partial charge in [0.05, 0.1) is 24.0 Å². The Hall–Kier alpha value is -1.44. The van der Waals surface area contributed by atoms with Gasteiger partial charge in [0.2, 0.25) is 5.91 Å². The molecule has 1 aromatic rings. The van der Waals surface area contributed by atoms with Crippen LogP contribution in [0.5, 0.6) is 0 Å². The van der Waals surface area contributed by atoms with Crippen LogP contribution >= 0.6 is 11.3 Å². The van der Waals surface area contributed by atoms with Gasteiger partial charge in [-0.1, -0.05) is 19.9 Å². The standard InChI is InChI=1S/C21H33N3O3S/c1-16(2)13-18(23-8-10-27-11-9-23)14-22-20(25)17-5-3-7-24(15-17)21(26)19-6-4-12-28-19/h4,6,12,16-18H,3,5,7-11,13-15H2,1-2H3,(H,22,25). The lowest BCUT2D eigenvalue weighted by Gasteiger charge is -2.36. The molecule has 3 rings (SSSR count). The Morgan fingerprint density at radius 1 is 1.29 bits per heavy atom. The van der Waals surface area contributed by atoms with Crippen LogP contribution in [-0.2, 0) is 9.53 Å². The monoisotopic (exact) mass is 407 g/mol. The molecule has 2 aliphatic heterocycles. The Morgan fingerprint density at radius 3 is 2.75 bits per heavy atom. The molecule has 2 aliphatic rings. The minimum atomic E-state index is -0.109. The number of ether oxygens (including phenoxy) is 1. The molecule has 2 amide bonds. The third kappa shape index (κ3) is 5.78. The third-order valence-electron chi connectivity index (χ3n) is 5.63. The second-order valence-corrected chi connectivity index (χ2v) is 9.19. The first-order valence-corrected chi connectivity index (χ1v) is 11.3. The number of hydrogen-bond donors (Lipinski definition) is 1. The van der Waals surface area contributed by atoms with Gasteiger partial charge in [-0.25, -0.2) is 0 Å². The number of piperidine rings is 1. The molecule has 28 heavy (non-hydrogen) atoms. The lowest BCUT2D eigenvalue weighted by Crippen LogP contribution is -2.51. The van der Waals surface area contributed by atoms with Gasteiger partial charge in [-0.15, -0.1) is 11.3 Å². The van der Waals surface area contributed by atoms with Gasteiger partial charge in [0, 0.05) is 38.8 Å². The largest absolute Gasteiger partial charge is 0.379 e. The predicted octanol–water partition coefficient (Wildman–Crippen LogP) is 2.46. The molecule has 1 N–H and O–H groups in total. The van der Waals surface area contributed by atoms with Crippen molar-refractivity contribution in [1.82, 2.24) is 15.1 Å². The van der Waals surface area contributed by atoms with Crippen molar-refractivity contribution in [3.8, 4) is 0 Å². The maximum Gasteiger partial charge on any atom is 0.263 e. The van der Waals surface area contributed by atoms with Crippen LogP contribution < -0.4 is 5.32 Å². The van der Waals surface area contributed by atoms with Gasteiger partial charge in [0.25, 0.3) is 5.91 Å². The van der Waals surface area contributed by atoms with Crippen molar-refractivity contribution in [1.29, 1.82) is 0 Å². The Bertz CT molecular complexity index is 629. The van der Waals surface area contributed by atoms with E-state index in [0.717, 1.165) is 57.0 Å². The fourth-order valence-electron chi connectivity index (χ4n) is 4.14. The van der Waals surface area contributed by atoms with E-state index in [0.29, 0.717) is 25.0 Å². The first kappa shape index (κ1) is 21.3. The van der Waals surface area contributed by atoms with Crippen LogP contribution in [0.25, 0.3) is 0 Å². The van der Waals surface area contributed by atoms with E-state index in [-0.39, 0.29) is 17.7 Å². The molecule has 156 valence electrons. The molecular formula is C21H33N3O3S. The van der Waals surface area contributed by atoms with Crippen LogP contribution in [0, 0.1) is 11.8 Å². The van der Waals surface area contributed by atoms with E-state index in [1.807, 2.05) is 22.4 Å². The molecule has 2 unspecified atom stereocenters. The topological polar surface area (TPSA) is 61.9 Å². The molecule has 0 bridgehead atoms. The predicted molar refractivity (Wildman–Crippen MR) is 112 cm³/mol. The molecule has 0 radical (unpaired) electrons. The minimum Gasteiger partial charge on any atom is -0.379 e. The Labute approximate surface area is 172 Å². The number of morpholine rings is 1. The van der Waals surface area contributed by atoms with Crippen LogP contribution in [0.4, 0.5) is 0 Å². The molecule has 0 aliphatic carbocycles. The zero-order valence-corrected chi connectivity index (χ0v) is 17.9. The second-order valence-electron chi connectivity index (χ2n) is 8.24. The van der Waals surface area contributed by atoms with Crippen LogP contribution in [0.15, 0.2) is 17.5 Å². The van der Waals surface area contributed by atoms with Crippen molar-refractivity contribution >= 4 is 23.2 Å². The highest BCUT2D eigenvalue weighted by Crippen LogP contribution is 2.21. The van der Waals surface area contributed by atoms with E-state index in [4.69, 9.17) is 4.74 Å². The van der Waals surface area contributed by atoms with Gasteiger partial charge >= 0.3 is 0 Å². The fraction of sp³-hybridized carbons (Fsp3) is 0.714. The van der Waals surface area contributed by atoms with Gasteiger partial charge in [0.15, 0.2) is 0 Å². The van der Waals surface area contributed by atoms with Crippen LogP contribution in [0.1, 0.15) is 42.8 Å². The van der Waals surface area contributed by atoms with Gasteiger partial charge in [-0.3, -0.25) is 14.5 Å². The summed E-state index contributed by atoms with van der Waals surface area (Å²) in [6.07, 6.45) is 2.80. The van der Waals surface area contributed by atoms with Gasteiger partial charge in [0.1, 0.15) is 0 Å². The van der Waals surface area contributed by atoms with Gasteiger partial charge < -0.3 is 15.0 Å². The summed E-state index contributed by atoms with van der Waals surface area (Å²) in [5.74, 6) is 0.615. The van der Waals surface area contributed by atoms with Crippen molar-refractivity contribution in [3.63, 3.8) is 0 Å². The first-order chi connectivity index (χ1) is 13.5. The molecule has 0 saturated carbocycles. The summed E-state index contributed by atoms with van der Waals surface area (Å²) in [5, 5.41) is 5.11. The molecule has 3 heterocycles. The van der Waals surface area contributed by atoms with Gasteiger partial charge in [-0.2, -0.15) is 0 Å². The average Bonchev–Trinajstić information content (AvgIpc) is 3.25. The summed E-state index contributed by atoms with van der Waals surface area (Å²) < 4.78 is 5.47. The lowest BCUT2D eigenvalue weighted by atomic mass is 9.96. The number of nitrogens with one attached hydrogen (secondary N) is 1. The zero-order chi connectivity index (χ0) is 19.9. The van der Waals surface area contributed by atoms with Crippen molar-refractivity contribution < 1.29 is 14.3 Å². The number of thiophene rings is 1. The second kappa shape index (κ2) is 10.4. The van der Waals surface area contributed by atoms with Crippen molar-refractivity contribution in [3.05, 3.63) is 22.4 Å². The van der Waals surface area contributed by atoms with Crippen LogP contribution in [0.3, 0.4) is 0 Å². The van der Waals surface area contributed by atoms with Crippen molar-refractivity contribution in [2.75, 3.05) is 45.9 Å². The minimum absolute atomic E-state index is 0.0542. The van der Waals surface area contributed by atoms with E-state index in [2.05, 4.69) is 24.1 Å². The number of likely N-dealkylation sites (tertiary alicyclic amines) is 1. The summed E-state index contributed by atoms with van der Waals surface area (Å²) in [6.45, 7) is 9.79. The summed E-state index contributed by atoms with van der Waals surface area (Å²) in [4.78, 5) is 30.5. The van der Waals surface area contributed by atoms with Gasteiger partial charge in [-0.05, 0) is 36.6 Å². The number of hydrogen-bond acceptors (Lipinski definition) is 5. The van der Waals surface area contributed by atoms with E-state index in [9.17, 15) is 9.59 Å². The normalized spacial score (nSPS) is 22.2. The van der Waals surface area contributed by atoms with Crippen molar-refractivity contribution in [2.24, 2.45) is 11.8 Å². The zero-order valence-electron chi connectivity index (χ0n) is 17.1. The molecule has 6 nitrogen and oxygen atoms in total. The van der Waals surface area contributed by atoms with E-state index in [1.54, 1.807) is 0 Å².